The lowest BCUT2D eigenvalue weighted by molar-refractivity contribution is -0.137. The molecule has 7 nitrogen and oxygen atoms in total. The third-order valence-electron chi connectivity index (χ3n) is 3.28. The molecule has 3 N–H and O–H groups in total. The molecule has 1 aliphatic rings. The molecule has 0 heterocycles. The molecule has 118 valence electrons. The number of anilines is 1. The number of amides is 3. The first-order chi connectivity index (χ1) is 10.5. The van der Waals surface area contributed by atoms with Crippen molar-refractivity contribution in [2.45, 2.75) is 25.8 Å². The summed E-state index contributed by atoms with van der Waals surface area (Å²) < 4.78 is 0. The van der Waals surface area contributed by atoms with Gasteiger partial charge in [-0.05, 0) is 38.0 Å². The number of nitrogens with one attached hydrogen (secondary N) is 2. The van der Waals surface area contributed by atoms with Crippen molar-refractivity contribution < 1.29 is 19.5 Å². The monoisotopic (exact) mass is 305 g/mol. The van der Waals surface area contributed by atoms with E-state index in [0.717, 1.165) is 12.8 Å². The molecule has 0 saturated heterocycles. The van der Waals surface area contributed by atoms with Crippen LogP contribution in [0.4, 0.5) is 10.5 Å². The van der Waals surface area contributed by atoms with E-state index in [4.69, 9.17) is 5.11 Å². The summed E-state index contributed by atoms with van der Waals surface area (Å²) >= 11 is 0. The Hall–Kier alpha value is -2.57. The van der Waals surface area contributed by atoms with E-state index < -0.39 is 5.97 Å². The molecule has 1 fully saturated rings. The first-order valence-corrected chi connectivity index (χ1v) is 7.18. The number of urea groups is 1. The fourth-order valence-electron chi connectivity index (χ4n) is 1.98. The predicted octanol–water partition coefficient (Wildman–Crippen LogP) is 1.52. The third kappa shape index (κ3) is 4.47. The van der Waals surface area contributed by atoms with Crippen LogP contribution in [0.2, 0.25) is 0 Å². The summed E-state index contributed by atoms with van der Waals surface area (Å²) in [4.78, 5) is 35.9. The van der Waals surface area contributed by atoms with Gasteiger partial charge in [-0.1, -0.05) is 6.07 Å². The zero-order chi connectivity index (χ0) is 16.1. The molecule has 1 aromatic carbocycles. The number of benzene rings is 1. The van der Waals surface area contributed by atoms with Crippen LogP contribution in [0.5, 0.6) is 0 Å². The Kier molecular flexibility index (Phi) is 4.98. The van der Waals surface area contributed by atoms with E-state index in [-0.39, 0.29) is 24.5 Å². The van der Waals surface area contributed by atoms with Gasteiger partial charge in [-0.3, -0.25) is 9.59 Å². The number of aliphatic carboxylic acids is 1. The second-order valence-electron chi connectivity index (χ2n) is 5.17. The van der Waals surface area contributed by atoms with Gasteiger partial charge < -0.3 is 20.6 Å². The van der Waals surface area contributed by atoms with Gasteiger partial charge in [0, 0.05) is 23.8 Å². The number of carbonyl (C=O) groups excluding carboxylic acids is 2. The van der Waals surface area contributed by atoms with E-state index in [0.29, 0.717) is 17.8 Å². The second-order valence-corrected chi connectivity index (χ2v) is 5.17. The smallest absolute Gasteiger partial charge is 0.323 e. The molecule has 1 saturated carbocycles. The molecule has 3 amide bonds. The van der Waals surface area contributed by atoms with Crippen molar-refractivity contribution in [3.63, 3.8) is 0 Å². The lowest BCUT2D eigenvalue weighted by Crippen LogP contribution is -2.35. The minimum Gasteiger partial charge on any atom is -0.480 e. The van der Waals surface area contributed by atoms with E-state index in [1.807, 2.05) is 0 Å². The Balaban J connectivity index is 2.04. The molecule has 2 rings (SSSR count). The van der Waals surface area contributed by atoms with Gasteiger partial charge in [0.15, 0.2) is 0 Å². The number of carboxylic acid groups (broad SMARTS) is 1. The Bertz CT molecular complexity index is 584. The van der Waals surface area contributed by atoms with Crippen LogP contribution >= 0.6 is 0 Å². The highest BCUT2D eigenvalue weighted by molar-refractivity contribution is 5.98. The van der Waals surface area contributed by atoms with E-state index >= 15 is 0 Å². The zero-order valence-corrected chi connectivity index (χ0v) is 12.3. The van der Waals surface area contributed by atoms with Crippen molar-refractivity contribution in [1.82, 2.24) is 10.2 Å². The summed E-state index contributed by atoms with van der Waals surface area (Å²) in [5.41, 5.74) is 0.836. The van der Waals surface area contributed by atoms with Crippen molar-refractivity contribution in [1.29, 1.82) is 0 Å². The van der Waals surface area contributed by atoms with Gasteiger partial charge in [-0.15, -0.1) is 0 Å². The lowest BCUT2D eigenvalue weighted by atomic mass is 10.1. The van der Waals surface area contributed by atoms with Crippen LogP contribution in [0, 0.1) is 0 Å². The van der Waals surface area contributed by atoms with Crippen LogP contribution in [0.1, 0.15) is 30.1 Å². The third-order valence-corrected chi connectivity index (χ3v) is 3.28. The topological polar surface area (TPSA) is 98.7 Å². The molecular weight excluding hydrogens is 286 g/mol. The summed E-state index contributed by atoms with van der Waals surface area (Å²) in [6.07, 6.45) is 1.99. The summed E-state index contributed by atoms with van der Waals surface area (Å²) in [5.74, 6) is -1.44. The summed E-state index contributed by atoms with van der Waals surface area (Å²) in [6.45, 7) is 1.66. The number of likely N-dealkylation sites (N-methyl/N-ethyl adjacent to an activating group) is 1. The van der Waals surface area contributed by atoms with Crippen molar-refractivity contribution in [3.8, 4) is 0 Å². The Morgan fingerprint density at radius 3 is 2.64 bits per heavy atom. The van der Waals surface area contributed by atoms with Crippen LogP contribution in [-0.4, -0.2) is 47.0 Å². The van der Waals surface area contributed by atoms with Crippen LogP contribution in [0.15, 0.2) is 24.3 Å². The summed E-state index contributed by atoms with van der Waals surface area (Å²) in [7, 11) is 0. The molecule has 0 aliphatic heterocycles. The number of carbonyl (C=O) groups is 3. The summed E-state index contributed by atoms with van der Waals surface area (Å²) in [6, 6.07) is 6.41. The SMILES string of the molecule is CCN(CC(=O)O)C(=O)c1cccc(NC(=O)NC2CC2)c1. The van der Waals surface area contributed by atoms with E-state index in [1.54, 1.807) is 31.2 Å². The molecule has 1 aromatic rings. The maximum atomic E-state index is 12.3. The lowest BCUT2D eigenvalue weighted by Gasteiger charge is -2.19. The maximum Gasteiger partial charge on any atom is 0.323 e. The quantitative estimate of drug-likeness (QED) is 0.742. The molecule has 0 bridgehead atoms. The van der Waals surface area contributed by atoms with Gasteiger partial charge in [0.1, 0.15) is 6.54 Å². The van der Waals surface area contributed by atoms with Gasteiger partial charge in [0.25, 0.3) is 5.91 Å². The standard InChI is InChI=1S/C15H19N3O4/c1-2-18(9-13(19)20)14(21)10-4-3-5-12(8-10)17-15(22)16-11-6-7-11/h3-5,8,11H,2,6-7,9H2,1H3,(H,19,20)(H2,16,17,22). The van der Waals surface area contributed by atoms with Gasteiger partial charge in [-0.2, -0.15) is 0 Å². The van der Waals surface area contributed by atoms with Crippen LogP contribution in [-0.2, 0) is 4.79 Å². The van der Waals surface area contributed by atoms with Crippen LogP contribution in [0.25, 0.3) is 0 Å². The maximum absolute atomic E-state index is 12.3. The van der Waals surface area contributed by atoms with Crippen molar-refractivity contribution >= 4 is 23.6 Å². The Morgan fingerprint density at radius 1 is 1.32 bits per heavy atom. The fourth-order valence-corrected chi connectivity index (χ4v) is 1.98. The highest BCUT2D eigenvalue weighted by Crippen LogP contribution is 2.19. The second kappa shape index (κ2) is 6.93. The zero-order valence-electron chi connectivity index (χ0n) is 12.3. The highest BCUT2D eigenvalue weighted by Gasteiger charge is 2.23. The predicted molar refractivity (Wildman–Crippen MR) is 80.8 cm³/mol. The Labute approximate surface area is 128 Å². The van der Waals surface area contributed by atoms with Crippen molar-refractivity contribution in [2.75, 3.05) is 18.4 Å². The van der Waals surface area contributed by atoms with E-state index in [9.17, 15) is 14.4 Å². The molecule has 0 radical (unpaired) electrons. The number of carboxylic acids is 1. The Morgan fingerprint density at radius 2 is 2.05 bits per heavy atom. The number of hydrogen-bond acceptors (Lipinski definition) is 3. The van der Waals surface area contributed by atoms with E-state index in [1.165, 1.54) is 4.90 Å². The number of rotatable bonds is 6. The number of hydrogen-bond donors (Lipinski definition) is 3. The molecule has 0 aromatic heterocycles. The van der Waals surface area contributed by atoms with Gasteiger partial charge in [0.2, 0.25) is 0 Å². The first-order valence-electron chi connectivity index (χ1n) is 7.18. The average Bonchev–Trinajstić information content (AvgIpc) is 3.27. The minimum atomic E-state index is -1.06. The molecule has 1 aliphatic carbocycles. The molecular formula is C15H19N3O4. The van der Waals surface area contributed by atoms with Crippen molar-refractivity contribution in [2.24, 2.45) is 0 Å². The largest absolute Gasteiger partial charge is 0.480 e. The van der Waals surface area contributed by atoms with Crippen molar-refractivity contribution in [3.05, 3.63) is 29.8 Å². The van der Waals surface area contributed by atoms with Gasteiger partial charge in [-0.25, -0.2) is 4.79 Å². The minimum absolute atomic E-state index is 0.246. The first kappa shape index (κ1) is 15.8. The highest BCUT2D eigenvalue weighted by atomic mass is 16.4. The normalized spacial score (nSPS) is 13.3. The molecule has 7 heteroatoms. The van der Waals surface area contributed by atoms with Gasteiger partial charge >= 0.3 is 12.0 Å². The molecule has 0 atom stereocenters. The van der Waals surface area contributed by atoms with Crippen LogP contribution in [0.3, 0.4) is 0 Å². The van der Waals surface area contributed by atoms with E-state index in [2.05, 4.69) is 10.6 Å². The summed E-state index contributed by atoms with van der Waals surface area (Å²) in [5, 5.41) is 14.3. The van der Waals surface area contributed by atoms with Crippen LogP contribution < -0.4 is 10.6 Å². The molecule has 0 unspecified atom stereocenters. The number of nitrogens with zero attached hydrogens (tertiary/aromatic N) is 1. The van der Waals surface area contributed by atoms with Gasteiger partial charge in [0.05, 0.1) is 0 Å². The molecule has 22 heavy (non-hydrogen) atoms. The fraction of sp³-hybridized carbons (Fsp3) is 0.400. The molecule has 0 spiro atoms. The average molecular weight is 305 g/mol.